The third-order valence-corrected chi connectivity index (χ3v) is 3.76. The molecule has 0 fully saturated rings. The van der Waals surface area contributed by atoms with Crippen molar-refractivity contribution in [2.45, 2.75) is 19.4 Å². The molecule has 0 aliphatic carbocycles. The second kappa shape index (κ2) is 8.24. The lowest BCUT2D eigenvalue weighted by atomic mass is 10.2. The number of halogens is 1. The lowest BCUT2D eigenvalue weighted by Gasteiger charge is -2.04. The molecule has 3 aromatic rings. The highest BCUT2D eigenvalue weighted by Crippen LogP contribution is 2.21. The van der Waals surface area contributed by atoms with Crippen LogP contribution in [0.1, 0.15) is 17.9 Å². The lowest BCUT2D eigenvalue weighted by Crippen LogP contribution is -2.23. The molecule has 0 radical (unpaired) electrons. The van der Waals surface area contributed by atoms with Crippen LogP contribution in [-0.2, 0) is 17.8 Å². The van der Waals surface area contributed by atoms with E-state index in [0.29, 0.717) is 30.4 Å². The summed E-state index contributed by atoms with van der Waals surface area (Å²) in [6.45, 7) is 0.345. The molecular weight excluding hydrogens is 337 g/mol. The van der Waals surface area contributed by atoms with Gasteiger partial charge in [0.25, 0.3) is 0 Å². The van der Waals surface area contributed by atoms with Gasteiger partial charge in [0.05, 0.1) is 7.11 Å². The third kappa shape index (κ3) is 4.66. The molecule has 3 rings (SSSR count). The average Bonchev–Trinajstić information content (AvgIpc) is 3.15. The number of carbonyl (C=O) groups excluding carboxylic acids is 1. The van der Waals surface area contributed by atoms with E-state index in [2.05, 4.69) is 15.5 Å². The molecular formula is C19H18FN3O3. The van der Waals surface area contributed by atoms with Crippen LogP contribution in [0.2, 0.25) is 0 Å². The van der Waals surface area contributed by atoms with Gasteiger partial charge in [-0.25, -0.2) is 4.39 Å². The second-order valence-electron chi connectivity index (χ2n) is 5.65. The molecule has 1 N–H and O–H groups in total. The van der Waals surface area contributed by atoms with Gasteiger partial charge in [0.15, 0.2) is 0 Å². The normalized spacial score (nSPS) is 10.5. The number of aryl methyl sites for hydroxylation is 1. The van der Waals surface area contributed by atoms with Gasteiger partial charge in [-0.3, -0.25) is 4.79 Å². The van der Waals surface area contributed by atoms with Gasteiger partial charge in [-0.2, -0.15) is 4.98 Å². The van der Waals surface area contributed by atoms with Crippen molar-refractivity contribution in [2.75, 3.05) is 7.11 Å². The molecule has 134 valence electrons. The minimum atomic E-state index is -0.302. The fraction of sp³-hybridized carbons (Fsp3) is 0.211. The largest absolute Gasteiger partial charge is 0.497 e. The fourth-order valence-corrected chi connectivity index (χ4v) is 2.35. The Morgan fingerprint density at radius 3 is 2.81 bits per heavy atom. The average molecular weight is 355 g/mol. The van der Waals surface area contributed by atoms with E-state index in [1.807, 2.05) is 24.3 Å². The Labute approximate surface area is 150 Å². The van der Waals surface area contributed by atoms with Crippen molar-refractivity contribution in [1.29, 1.82) is 0 Å². The molecule has 1 aromatic heterocycles. The van der Waals surface area contributed by atoms with E-state index < -0.39 is 0 Å². The Morgan fingerprint density at radius 2 is 2.04 bits per heavy atom. The second-order valence-corrected chi connectivity index (χ2v) is 5.65. The molecule has 0 bridgehead atoms. The summed E-state index contributed by atoms with van der Waals surface area (Å²) in [6.07, 6.45) is 0.563. The highest BCUT2D eigenvalue weighted by atomic mass is 19.1. The Kier molecular flexibility index (Phi) is 5.58. The van der Waals surface area contributed by atoms with E-state index >= 15 is 0 Å². The smallest absolute Gasteiger partial charge is 0.227 e. The number of hydrogen-bond acceptors (Lipinski definition) is 5. The molecule has 2 aromatic carbocycles. The van der Waals surface area contributed by atoms with E-state index in [0.717, 1.165) is 11.1 Å². The minimum Gasteiger partial charge on any atom is -0.497 e. The van der Waals surface area contributed by atoms with Crippen LogP contribution in [0, 0.1) is 5.82 Å². The molecule has 0 aliphatic rings. The topological polar surface area (TPSA) is 77.2 Å². The van der Waals surface area contributed by atoms with Crippen molar-refractivity contribution in [3.63, 3.8) is 0 Å². The quantitative estimate of drug-likeness (QED) is 0.704. The van der Waals surface area contributed by atoms with Crippen LogP contribution in [0.5, 0.6) is 5.75 Å². The Morgan fingerprint density at radius 1 is 1.23 bits per heavy atom. The molecule has 0 spiro atoms. The predicted molar refractivity (Wildman–Crippen MR) is 92.9 cm³/mol. The SMILES string of the molecule is COc1cccc(-c2noc(CCC(=O)NCc3ccc(F)cc3)n2)c1. The molecule has 26 heavy (non-hydrogen) atoms. The minimum absolute atomic E-state index is 0.143. The number of amides is 1. The van der Waals surface area contributed by atoms with Gasteiger partial charge >= 0.3 is 0 Å². The Bertz CT molecular complexity index is 878. The summed E-state index contributed by atoms with van der Waals surface area (Å²) < 4.78 is 23.2. The molecule has 1 amide bonds. The zero-order valence-corrected chi connectivity index (χ0v) is 14.2. The standard InChI is InChI=1S/C19H18FN3O3/c1-25-16-4-2-3-14(11-16)19-22-18(26-23-19)10-9-17(24)21-12-13-5-7-15(20)8-6-13/h2-8,11H,9-10,12H2,1H3,(H,21,24). The highest BCUT2D eigenvalue weighted by Gasteiger charge is 2.11. The van der Waals surface area contributed by atoms with Crippen LogP contribution in [0.3, 0.4) is 0 Å². The highest BCUT2D eigenvalue weighted by molar-refractivity contribution is 5.76. The zero-order valence-electron chi connectivity index (χ0n) is 14.2. The van der Waals surface area contributed by atoms with E-state index in [4.69, 9.17) is 9.26 Å². The van der Waals surface area contributed by atoms with Gasteiger partial charge < -0.3 is 14.6 Å². The first kappa shape index (κ1) is 17.6. The molecule has 7 heteroatoms. The summed E-state index contributed by atoms with van der Waals surface area (Å²) in [4.78, 5) is 16.2. The van der Waals surface area contributed by atoms with E-state index in [1.165, 1.54) is 12.1 Å². The number of hydrogen-bond donors (Lipinski definition) is 1. The number of ether oxygens (including phenoxy) is 1. The summed E-state index contributed by atoms with van der Waals surface area (Å²) in [5, 5.41) is 6.71. The van der Waals surface area contributed by atoms with Crippen LogP contribution in [0.25, 0.3) is 11.4 Å². The number of nitrogens with zero attached hydrogens (tertiary/aromatic N) is 2. The number of nitrogens with one attached hydrogen (secondary N) is 1. The first-order valence-corrected chi connectivity index (χ1v) is 8.12. The maximum Gasteiger partial charge on any atom is 0.227 e. The molecule has 6 nitrogen and oxygen atoms in total. The van der Waals surface area contributed by atoms with Gasteiger partial charge in [0, 0.05) is 24.9 Å². The Balaban J connectivity index is 1.51. The van der Waals surface area contributed by atoms with Crippen LogP contribution in [-0.4, -0.2) is 23.2 Å². The van der Waals surface area contributed by atoms with Gasteiger partial charge in [0.2, 0.25) is 17.6 Å². The monoisotopic (exact) mass is 355 g/mol. The molecule has 0 saturated heterocycles. The zero-order chi connectivity index (χ0) is 18.4. The van der Waals surface area contributed by atoms with Gasteiger partial charge in [0.1, 0.15) is 11.6 Å². The van der Waals surface area contributed by atoms with Crippen LogP contribution in [0.15, 0.2) is 53.1 Å². The van der Waals surface area contributed by atoms with E-state index in [9.17, 15) is 9.18 Å². The van der Waals surface area contributed by atoms with Gasteiger partial charge in [-0.15, -0.1) is 0 Å². The molecule has 0 unspecified atom stereocenters. The van der Waals surface area contributed by atoms with Crippen molar-refractivity contribution in [3.8, 4) is 17.1 Å². The summed E-state index contributed by atoms with van der Waals surface area (Å²) in [7, 11) is 1.59. The molecule has 1 heterocycles. The molecule has 0 aliphatic heterocycles. The summed E-state index contributed by atoms with van der Waals surface area (Å²) >= 11 is 0. The summed E-state index contributed by atoms with van der Waals surface area (Å²) in [5.41, 5.74) is 1.61. The first-order chi connectivity index (χ1) is 12.6. The van der Waals surface area contributed by atoms with E-state index in [1.54, 1.807) is 19.2 Å². The number of benzene rings is 2. The number of carbonyl (C=O) groups is 1. The molecule has 0 saturated carbocycles. The summed E-state index contributed by atoms with van der Waals surface area (Å²) in [6, 6.07) is 13.3. The van der Waals surface area contributed by atoms with Gasteiger partial charge in [-0.05, 0) is 29.8 Å². The van der Waals surface area contributed by atoms with Crippen molar-refractivity contribution in [3.05, 3.63) is 65.8 Å². The van der Waals surface area contributed by atoms with E-state index in [-0.39, 0.29) is 18.1 Å². The maximum atomic E-state index is 12.8. The van der Waals surface area contributed by atoms with Crippen molar-refractivity contribution < 1.29 is 18.4 Å². The molecule has 0 atom stereocenters. The van der Waals surface area contributed by atoms with Crippen LogP contribution >= 0.6 is 0 Å². The van der Waals surface area contributed by atoms with Crippen LogP contribution < -0.4 is 10.1 Å². The number of rotatable bonds is 7. The lowest BCUT2D eigenvalue weighted by molar-refractivity contribution is -0.121. The van der Waals surface area contributed by atoms with Crippen molar-refractivity contribution in [1.82, 2.24) is 15.5 Å². The maximum absolute atomic E-state index is 12.8. The third-order valence-electron chi connectivity index (χ3n) is 3.76. The van der Waals surface area contributed by atoms with Gasteiger partial charge in [-0.1, -0.05) is 29.4 Å². The number of aromatic nitrogens is 2. The summed E-state index contributed by atoms with van der Waals surface area (Å²) in [5.74, 6) is 1.10. The van der Waals surface area contributed by atoms with Crippen molar-refractivity contribution in [2.24, 2.45) is 0 Å². The fourth-order valence-electron chi connectivity index (χ4n) is 2.35. The first-order valence-electron chi connectivity index (χ1n) is 8.12. The van der Waals surface area contributed by atoms with Crippen molar-refractivity contribution >= 4 is 5.91 Å². The Hall–Kier alpha value is -3.22. The number of methoxy groups -OCH3 is 1. The van der Waals surface area contributed by atoms with Crippen LogP contribution in [0.4, 0.5) is 4.39 Å². The predicted octanol–water partition coefficient (Wildman–Crippen LogP) is 3.13.